The molecule has 0 N–H and O–H groups in total. The van der Waals surface area contributed by atoms with Gasteiger partial charge in [-0.3, -0.25) is 4.79 Å². The van der Waals surface area contributed by atoms with E-state index in [9.17, 15) is 9.59 Å². The Kier molecular flexibility index (Phi) is 5.97. The van der Waals surface area contributed by atoms with Crippen molar-refractivity contribution >= 4 is 40.7 Å². The molecule has 0 aliphatic carbocycles. The topological polar surface area (TPSA) is 59.5 Å². The summed E-state index contributed by atoms with van der Waals surface area (Å²) in [4.78, 5) is 32.3. The van der Waals surface area contributed by atoms with Crippen LogP contribution in [0.1, 0.15) is 23.8 Å². The molecular weight excluding hydrogens is 404 g/mol. The number of esters is 1. The largest absolute Gasteiger partial charge is 0.451 e. The quantitative estimate of drug-likeness (QED) is 0.559. The number of thiazole rings is 1. The van der Waals surface area contributed by atoms with Gasteiger partial charge in [0.25, 0.3) is 5.91 Å². The molecule has 0 spiro atoms. The molecule has 1 amide bonds. The lowest BCUT2D eigenvalue weighted by Crippen LogP contribution is -2.35. The highest BCUT2D eigenvalue weighted by atomic mass is 32.2. The minimum absolute atomic E-state index is 0.223. The van der Waals surface area contributed by atoms with Gasteiger partial charge in [0, 0.05) is 27.6 Å². The van der Waals surface area contributed by atoms with Crippen LogP contribution >= 0.6 is 23.1 Å². The predicted octanol–water partition coefficient (Wildman–Crippen LogP) is 4.88. The van der Waals surface area contributed by atoms with E-state index in [1.54, 1.807) is 22.0 Å². The molecule has 0 saturated carbocycles. The van der Waals surface area contributed by atoms with Crippen LogP contribution in [0, 0.1) is 0 Å². The van der Waals surface area contributed by atoms with Crippen molar-refractivity contribution in [3.05, 3.63) is 65.7 Å². The number of amides is 1. The zero-order valence-electron chi connectivity index (χ0n) is 15.9. The lowest BCUT2D eigenvalue weighted by atomic mass is 10.2. The zero-order chi connectivity index (χ0) is 20.2. The van der Waals surface area contributed by atoms with E-state index in [0.717, 1.165) is 27.6 Å². The third-order valence-electron chi connectivity index (χ3n) is 4.61. The first kappa shape index (κ1) is 19.7. The fourth-order valence-electron chi connectivity index (χ4n) is 3.11. The van der Waals surface area contributed by atoms with E-state index in [0.29, 0.717) is 11.8 Å². The van der Waals surface area contributed by atoms with Crippen molar-refractivity contribution in [2.24, 2.45) is 0 Å². The summed E-state index contributed by atoms with van der Waals surface area (Å²) in [6.45, 7) is 2.46. The molecule has 0 radical (unpaired) electrons. The molecule has 3 aromatic rings. The zero-order valence-corrected chi connectivity index (χ0v) is 17.5. The molecule has 2 heterocycles. The Hall–Kier alpha value is -2.64. The molecule has 0 bridgehead atoms. The van der Waals surface area contributed by atoms with Gasteiger partial charge in [0.2, 0.25) is 0 Å². The number of anilines is 1. The summed E-state index contributed by atoms with van der Waals surface area (Å²) in [6.07, 6.45) is 0.881. The van der Waals surface area contributed by atoms with E-state index >= 15 is 0 Å². The molecule has 1 aliphatic heterocycles. The minimum Gasteiger partial charge on any atom is -0.451 e. The van der Waals surface area contributed by atoms with Gasteiger partial charge >= 0.3 is 5.97 Å². The number of hydrogen-bond donors (Lipinski definition) is 0. The average molecular weight is 425 g/mol. The number of carbonyl (C=O) groups excluding carboxylic acids is 2. The van der Waals surface area contributed by atoms with Crippen LogP contribution in [0.5, 0.6) is 0 Å². The molecule has 1 aliphatic rings. The first-order valence-electron chi connectivity index (χ1n) is 9.36. The highest BCUT2D eigenvalue weighted by Gasteiger charge is 2.25. The third-order valence-corrected chi connectivity index (χ3v) is 6.73. The number of thioether (sulfide) groups is 1. The molecule has 2 aromatic carbocycles. The number of carbonyl (C=O) groups is 2. The summed E-state index contributed by atoms with van der Waals surface area (Å²) < 4.78 is 5.28. The Balaban J connectivity index is 1.42. The first-order valence-corrected chi connectivity index (χ1v) is 11.1. The number of ether oxygens (including phenoxy) is 1. The Morgan fingerprint density at radius 2 is 1.90 bits per heavy atom. The number of para-hydroxylation sites is 1. The molecule has 1 unspecified atom stereocenters. The van der Waals surface area contributed by atoms with Crippen LogP contribution in [-0.2, 0) is 9.53 Å². The number of rotatable bonds is 4. The molecule has 1 atom stereocenters. The highest BCUT2D eigenvalue weighted by Crippen LogP contribution is 2.37. The average Bonchev–Trinajstić information content (AvgIpc) is 3.17. The fourth-order valence-corrected chi connectivity index (χ4v) is 5.01. The van der Waals surface area contributed by atoms with Crippen molar-refractivity contribution < 1.29 is 14.3 Å². The third kappa shape index (κ3) is 4.52. The number of benzene rings is 2. The van der Waals surface area contributed by atoms with Gasteiger partial charge in [-0.05, 0) is 18.6 Å². The number of fused-ring (bicyclic) bond motifs is 1. The summed E-state index contributed by atoms with van der Waals surface area (Å²) in [6, 6.07) is 17.5. The first-order chi connectivity index (χ1) is 14.1. The number of aromatic nitrogens is 1. The molecule has 148 valence electrons. The van der Waals surface area contributed by atoms with Gasteiger partial charge in [0.05, 0.1) is 5.69 Å². The van der Waals surface area contributed by atoms with Crippen LogP contribution in [0.25, 0.3) is 10.6 Å². The van der Waals surface area contributed by atoms with Crippen LogP contribution < -0.4 is 4.90 Å². The summed E-state index contributed by atoms with van der Waals surface area (Å²) >= 11 is 3.14. The molecular formula is C22H20N2O3S2. The van der Waals surface area contributed by atoms with Gasteiger partial charge in [-0.2, -0.15) is 0 Å². The summed E-state index contributed by atoms with van der Waals surface area (Å²) in [5.74, 6) is -0.804. The highest BCUT2D eigenvalue weighted by molar-refractivity contribution is 8.00. The van der Waals surface area contributed by atoms with E-state index in [-0.39, 0.29) is 18.2 Å². The molecule has 1 aromatic heterocycles. The van der Waals surface area contributed by atoms with E-state index in [4.69, 9.17) is 4.74 Å². The molecule has 4 rings (SSSR count). The predicted molar refractivity (Wildman–Crippen MR) is 117 cm³/mol. The number of nitrogens with zero attached hydrogens (tertiary/aromatic N) is 2. The van der Waals surface area contributed by atoms with E-state index in [2.05, 4.69) is 11.9 Å². The van der Waals surface area contributed by atoms with Crippen molar-refractivity contribution in [2.75, 3.05) is 18.1 Å². The van der Waals surface area contributed by atoms with Crippen molar-refractivity contribution in [3.63, 3.8) is 0 Å². The lowest BCUT2D eigenvalue weighted by Gasteiger charge is -2.22. The molecule has 0 saturated heterocycles. The second-order valence-electron chi connectivity index (χ2n) is 6.71. The van der Waals surface area contributed by atoms with Crippen LogP contribution in [0.2, 0.25) is 0 Å². The standard InChI is InChI=1S/C22H20N2O3S2/c1-15-11-12-24(18-9-5-6-10-19(18)29-15)20(25)13-27-22(26)17-14-28-21(23-17)16-7-3-2-4-8-16/h2-10,14-15H,11-13H2,1H3. The second-order valence-corrected chi connectivity index (χ2v) is 9.05. The van der Waals surface area contributed by atoms with Gasteiger partial charge in [-0.25, -0.2) is 9.78 Å². The summed E-state index contributed by atoms with van der Waals surface area (Å²) in [7, 11) is 0. The maximum absolute atomic E-state index is 12.8. The van der Waals surface area contributed by atoms with Crippen molar-refractivity contribution in [1.82, 2.24) is 4.98 Å². The summed E-state index contributed by atoms with van der Waals surface area (Å²) in [5.41, 5.74) is 2.05. The SMILES string of the molecule is CC1CCN(C(=O)COC(=O)c2csc(-c3ccccc3)n2)c2ccccc2S1. The van der Waals surface area contributed by atoms with Crippen LogP contribution in [0.15, 0.2) is 64.9 Å². The maximum atomic E-state index is 12.8. The second kappa shape index (κ2) is 8.80. The van der Waals surface area contributed by atoms with Crippen molar-refractivity contribution in [3.8, 4) is 10.6 Å². The summed E-state index contributed by atoms with van der Waals surface area (Å²) in [5, 5.41) is 2.83. The molecule has 29 heavy (non-hydrogen) atoms. The van der Waals surface area contributed by atoms with Gasteiger partial charge in [0.1, 0.15) is 5.01 Å². The Bertz CT molecular complexity index is 1020. The fraction of sp³-hybridized carbons (Fsp3) is 0.227. The smallest absolute Gasteiger partial charge is 0.358 e. The van der Waals surface area contributed by atoms with Crippen LogP contribution in [0.4, 0.5) is 5.69 Å². The molecule has 0 fully saturated rings. The van der Waals surface area contributed by atoms with Crippen molar-refractivity contribution in [2.45, 2.75) is 23.5 Å². The van der Waals surface area contributed by atoms with E-state index in [1.165, 1.54) is 11.3 Å². The van der Waals surface area contributed by atoms with Gasteiger partial charge in [0.15, 0.2) is 12.3 Å². The lowest BCUT2D eigenvalue weighted by molar-refractivity contribution is -0.121. The van der Waals surface area contributed by atoms with Gasteiger partial charge in [-0.1, -0.05) is 49.4 Å². The van der Waals surface area contributed by atoms with Gasteiger partial charge < -0.3 is 9.64 Å². The Morgan fingerprint density at radius 1 is 1.14 bits per heavy atom. The number of hydrogen-bond acceptors (Lipinski definition) is 6. The molecule has 5 nitrogen and oxygen atoms in total. The normalized spacial score (nSPS) is 16.0. The maximum Gasteiger partial charge on any atom is 0.358 e. The van der Waals surface area contributed by atoms with Crippen molar-refractivity contribution in [1.29, 1.82) is 0 Å². The monoisotopic (exact) mass is 424 g/mol. The van der Waals surface area contributed by atoms with Crippen LogP contribution in [-0.4, -0.2) is 35.3 Å². The Labute approximate surface area is 177 Å². The van der Waals surface area contributed by atoms with Gasteiger partial charge in [-0.15, -0.1) is 23.1 Å². The minimum atomic E-state index is -0.581. The van der Waals surface area contributed by atoms with E-state index < -0.39 is 5.97 Å². The van der Waals surface area contributed by atoms with E-state index in [1.807, 2.05) is 54.6 Å². The van der Waals surface area contributed by atoms with Crippen LogP contribution in [0.3, 0.4) is 0 Å². The molecule has 7 heteroatoms. The Morgan fingerprint density at radius 3 is 2.72 bits per heavy atom.